The maximum Gasteiger partial charge on any atom is 0.159 e. The maximum atomic E-state index is 11.4. The summed E-state index contributed by atoms with van der Waals surface area (Å²) in [7, 11) is 0. The van der Waals surface area contributed by atoms with Gasteiger partial charge in [-0.05, 0) is 37.3 Å². The van der Waals surface area contributed by atoms with Crippen molar-refractivity contribution in [2.24, 2.45) is 4.99 Å². The minimum absolute atomic E-state index is 0.0894. The molecule has 0 atom stereocenters. The molecule has 20 heavy (non-hydrogen) atoms. The van der Waals surface area contributed by atoms with Gasteiger partial charge in [0, 0.05) is 17.3 Å². The molecule has 2 aromatic rings. The van der Waals surface area contributed by atoms with Crippen molar-refractivity contribution >= 4 is 17.7 Å². The maximum absolute atomic E-state index is 11.4. The van der Waals surface area contributed by atoms with Crippen molar-refractivity contribution in [3.63, 3.8) is 0 Å². The highest BCUT2D eigenvalue weighted by Gasteiger charge is 2.05. The monoisotopic (exact) mass is 264 g/mol. The van der Waals surface area contributed by atoms with Crippen molar-refractivity contribution in [1.82, 2.24) is 0 Å². The number of aromatic hydroxyl groups is 1. The Kier molecular flexibility index (Phi) is 3.92. The molecule has 0 spiro atoms. The van der Waals surface area contributed by atoms with Crippen LogP contribution in [0.2, 0.25) is 0 Å². The summed E-state index contributed by atoms with van der Waals surface area (Å²) in [5.74, 6) is 0.0194. The zero-order valence-corrected chi connectivity index (χ0v) is 10.9. The quantitative estimate of drug-likeness (QED) is 0.683. The highest BCUT2D eigenvalue weighted by Crippen LogP contribution is 2.22. The van der Waals surface area contributed by atoms with Crippen molar-refractivity contribution in [2.75, 3.05) is 0 Å². The van der Waals surface area contributed by atoms with Gasteiger partial charge in [-0.25, -0.2) is 0 Å². The Balaban J connectivity index is 2.42. The number of ketones is 1. The zero-order chi connectivity index (χ0) is 14.5. The van der Waals surface area contributed by atoms with Crippen LogP contribution in [0.4, 0.5) is 5.69 Å². The summed E-state index contributed by atoms with van der Waals surface area (Å²) in [6.07, 6.45) is 1.47. The number of aliphatic imine (C=N–C) groups is 1. The number of rotatable bonds is 3. The summed E-state index contributed by atoms with van der Waals surface area (Å²) in [4.78, 5) is 15.5. The van der Waals surface area contributed by atoms with Crippen molar-refractivity contribution < 1.29 is 9.90 Å². The van der Waals surface area contributed by atoms with E-state index in [1.807, 2.05) is 6.07 Å². The highest BCUT2D eigenvalue weighted by molar-refractivity contribution is 5.95. The third-order valence-corrected chi connectivity index (χ3v) is 2.80. The summed E-state index contributed by atoms with van der Waals surface area (Å²) in [6.45, 7) is 1.46. The number of hydrogen-bond donors (Lipinski definition) is 1. The van der Waals surface area contributed by atoms with E-state index in [0.717, 1.165) is 0 Å². The lowest BCUT2D eigenvalue weighted by Gasteiger charge is -2.01. The van der Waals surface area contributed by atoms with E-state index in [9.17, 15) is 9.90 Å². The topological polar surface area (TPSA) is 73.5 Å². The summed E-state index contributed by atoms with van der Waals surface area (Å²) in [5, 5.41) is 18.7. The largest absolute Gasteiger partial charge is 0.507 e. The summed E-state index contributed by atoms with van der Waals surface area (Å²) in [5.41, 5.74) is 1.82. The van der Waals surface area contributed by atoms with Gasteiger partial charge in [-0.2, -0.15) is 5.26 Å². The summed E-state index contributed by atoms with van der Waals surface area (Å²) in [6, 6.07) is 13.5. The molecule has 0 bridgehead atoms. The average molecular weight is 264 g/mol. The Labute approximate surface area is 116 Å². The Morgan fingerprint density at radius 2 is 2.05 bits per heavy atom. The predicted molar refractivity (Wildman–Crippen MR) is 76.5 cm³/mol. The Bertz CT molecular complexity index is 727. The van der Waals surface area contributed by atoms with Crippen LogP contribution in [0, 0.1) is 11.3 Å². The van der Waals surface area contributed by atoms with E-state index >= 15 is 0 Å². The normalized spacial score (nSPS) is 10.4. The van der Waals surface area contributed by atoms with Crippen LogP contribution in [0.1, 0.15) is 28.4 Å². The van der Waals surface area contributed by atoms with Crippen LogP contribution in [0.15, 0.2) is 47.5 Å². The number of phenolic OH excluding ortho intramolecular Hbond substituents is 1. The number of nitriles is 1. The first-order valence-corrected chi connectivity index (χ1v) is 5.99. The minimum Gasteiger partial charge on any atom is -0.507 e. The Hall–Kier alpha value is -2.93. The number of carbonyl (C=O) groups is 1. The van der Waals surface area contributed by atoms with Gasteiger partial charge in [-0.15, -0.1) is 0 Å². The van der Waals surface area contributed by atoms with Gasteiger partial charge in [-0.1, -0.05) is 12.1 Å². The smallest absolute Gasteiger partial charge is 0.159 e. The Morgan fingerprint density at radius 3 is 2.70 bits per heavy atom. The van der Waals surface area contributed by atoms with E-state index in [1.54, 1.807) is 42.5 Å². The molecule has 0 heterocycles. The fourth-order valence-electron chi connectivity index (χ4n) is 1.69. The molecule has 0 aliphatic rings. The molecule has 0 aromatic heterocycles. The van der Waals surface area contributed by atoms with Crippen LogP contribution in [0.3, 0.4) is 0 Å². The lowest BCUT2D eigenvalue weighted by molar-refractivity contribution is 0.101. The van der Waals surface area contributed by atoms with Crippen LogP contribution >= 0.6 is 0 Å². The van der Waals surface area contributed by atoms with Gasteiger partial charge in [0.25, 0.3) is 0 Å². The molecule has 2 rings (SSSR count). The molecular weight excluding hydrogens is 252 g/mol. The molecule has 0 aliphatic carbocycles. The van der Waals surface area contributed by atoms with E-state index < -0.39 is 0 Å². The van der Waals surface area contributed by atoms with Gasteiger partial charge in [0.1, 0.15) is 11.8 Å². The first-order chi connectivity index (χ1) is 9.61. The third kappa shape index (κ3) is 2.90. The molecule has 0 unspecified atom stereocenters. The molecule has 4 nitrogen and oxygen atoms in total. The molecule has 4 heteroatoms. The number of carbonyl (C=O) groups excluding carboxylic acids is 1. The predicted octanol–water partition coefficient (Wildman–Crippen LogP) is 3.22. The van der Waals surface area contributed by atoms with E-state index in [1.165, 1.54) is 13.1 Å². The van der Waals surface area contributed by atoms with Crippen LogP contribution in [0.25, 0.3) is 0 Å². The second kappa shape index (κ2) is 5.81. The molecular formula is C16H12N2O2. The van der Waals surface area contributed by atoms with Gasteiger partial charge >= 0.3 is 0 Å². The molecule has 0 aliphatic heterocycles. The molecule has 0 saturated carbocycles. The van der Waals surface area contributed by atoms with Crippen molar-refractivity contribution in [3.8, 4) is 11.8 Å². The first-order valence-electron chi connectivity index (χ1n) is 5.99. The molecule has 0 amide bonds. The molecule has 1 N–H and O–H groups in total. The van der Waals surface area contributed by atoms with Crippen LogP contribution in [-0.4, -0.2) is 17.1 Å². The van der Waals surface area contributed by atoms with Gasteiger partial charge in [0.05, 0.1) is 11.3 Å². The van der Waals surface area contributed by atoms with Crippen molar-refractivity contribution in [2.45, 2.75) is 6.92 Å². The molecule has 0 saturated heterocycles. The highest BCUT2D eigenvalue weighted by atomic mass is 16.3. The van der Waals surface area contributed by atoms with E-state index in [4.69, 9.17) is 5.26 Å². The van der Waals surface area contributed by atoms with Gasteiger partial charge in [0.2, 0.25) is 0 Å². The third-order valence-electron chi connectivity index (χ3n) is 2.80. The summed E-state index contributed by atoms with van der Waals surface area (Å²) < 4.78 is 0. The van der Waals surface area contributed by atoms with Crippen LogP contribution in [-0.2, 0) is 0 Å². The number of Topliss-reactive ketones (excluding diaryl/α,β-unsaturated/α-hetero) is 1. The van der Waals surface area contributed by atoms with E-state index in [2.05, 4.69) is 4.99 Å². The van der Waals surface area contributed by atoms with Crippen LogP contribution < -0.4 is 0 Å². The second-order valence-electron chi connectivity index (χ2n) is 4.22. The summed E-state index contributed by atoms with van der Waals surface area (Å²) >= 11 is 0. The van der Waals surface area contributed by atoms with Crippen molar-refractivity contribution in [1.29, 1.82) is 5.26 Å². The zero-order valence-electron chi connectivity index (χ0n) is 10.9. The standard InChI is InChI=1S/C16H12N2O2/c1-11(19)12-6-7-13(9-17)15(8-12)18-10-14-4-2-3-5-16(14)20/h2-8,10,20H,1H3. The lowest BCUT2D eigenvalue weighted by atomic mass is 10.1. The van der Waals surface area contributed by atoms with Gasteiger partial charge < -0.3 is 5.11 Å². The molecule has 0 fully saturated rings. The average Bonchev–Trinajstić information content (AvgIpc) is 2.46. The first kappa shape index (κ1) is 13.5. The van der Waals surface area contributed by atoms with Gasteiger partial charge in [0.15, 0.2) is 5.78 Å². The van der Waals surface area contributed by atoms with Gasteiger partial charge in [-0.3, -0.25) is 9.79 Å². The molecule has 2 aromatic carbocycles. The van der Waals surface area contributed by atoms with Crippen molar-refractivity contribution in [3.05, 3.63) is 59.2 Å². The lowest BCUT2D eigenvalue weighted by Crippen LogP contribution is -1.92. The fourth-order valence-corrected chi connectivity index (χ4v) is 1.69. The fraction of sp³-hybridized carbons (Fsp3) is 0.0625. The number of phenols is 1. The number of hydrogen-bond acceptors (Lipinski definition) is 4. The Morgan fingerprint density at radius 1 is 1.30 bits per heavy atom. The molecule has 0 radical (unpaired) electrons. The number of benzene rings is 2. The molecule has 98 valence electrons. The number of para-hydroxylation sites is 1. The van der Waals surface area contributed by atoms with Crippen LogP contribution in [0.5, 0.6) is 5.75 Å². The minimum atomic E-state index is -0.0894. The SMILES string of the molecule is CC(=O)c1ccc(C#N)c(N=Cc2ccccc2O)c1. The second-order valence-corrected chi connectivity index (χ2v) is 4.22. The number of nitrogens with zero attached hydrogens (tertiary/aromatic N) is 2. The van der Waals surface area contributed by atoms with E-state index in [-0.39, 0.29) is 11.5 Å². The van der Waals surface area contributed by atoms with E-state index in [0.29, 0.717) is 22.4 Å².